The van der Waals surface area contributed by atoms with Gasteiger partial charge in [0.2, 0.25) is 0 Å². The second-order valence-corrected chi connectivity index (χ2v) is 14.5. The van der Waals surface area contributed by atoms with E-state index in [9.17, 15) is 9.59 Å². The van der Waals surface area contributed by atoms with Crippen LogP contribution in [0.2, 0.25) is 0 Å². The second-order valence-electron chi connectivity index (χ2n) is 14.5. The zero-order chi connectivity index (χ0) is 35.3. The summed E-state index contributed by atoms with van der Waals surface area (Å²) in [5.41, 5.74) is 1.06. The molecule has 49 heavy (non-hydrogen) atoms. The van der Waals surface area contributed by atoms with Crippen molar-refractivity contribution in [3.63, 3.8) is 0 Å². The van der Waals surface area contributed by atoms with E-state index in [1.807, 2.05) is 30.3 Å². The lowest BCUT2D eigenvalue weighted by Gasteiger charge is -2.18. The molecule has 1 atom stereocenters. The van der Waals surface area contributed by atoms with Crippen molar-refractivity contribution in [1.82, 2.24) is 0 Å². The number of hydrogen-bond acceptors (Lipinski definition) is 5. The first-order chi connectivity index (χ1) is 24.2. The van der Waals surface area contributed by atoms with Gasteiger partial charge in [-0.1, -0.05) is 211 Å². The summed E-state index contributed by atoms with van der Waals surface area (Å²) < 4.78 is 17.1. The van der Waals surface area contributed by atoms with Gasteiger partial charge in [-0.15, -0.1) is 0 Å². The molecule has 0 amide bonds. The molecule has 0 aliphatic carbocycles. The van der Waals surface area contributed by atoms with Gasteiger partial charge in [-0.25, -0.2) is 0 Å². The molecule has 0 unspecified atom stereocenters. The highest BCUT2D eigenvalue weighted by molar-refractivity contribution is 5.70. The molecule has 0 N–H and O–H groups in total. The van der Waals surface area contributed by atoms with E-state index in [4.69, 9.17) is 14.2 Å². The van der Waals surface area contributed by atoms with Crippen LogP contribution in [0.1, 0.15) is 212 Å². The van der Waals surface area contributed by atoms with Crippen LogP contribution >= 0.6 is 0 Å². The second kappa shape index (κ2) is 35.9. The molecule has 5 heteroatoms. The van der Waals surface area contributed by atoms with E-state index < -0.39 is 6.10 Å². The van der Waals surface area contributed by atoms with E-state index in [0.717, 1.165) is 31.2 Å². The van der Waals surface area contributed by atoms with Crippen molar-refractivity contribution in [2.45, 2.75) is 219 Å². The van der Waals surface area contributed by atoms with Crippen LogP contribution in [0.4, 0.5) is 0 Å². The summed E-state index contributed by atoms with van der Waals surface area (Å²) >= 11 is 0. The number of hydrogen-bond donors (Lipinski definition) is 0. The molecule has 0 aliphatic heterocycles. The maximum absolute atomic E-state index is 12.6. The first-order valence-corrected chi connectivity index (χ1v) is 21.1. The van der Waals surface area contributed by atoms with Gasteiger partial charge < -0.3 is 14.2 Å². The van der Waals surface area contributed by atoms with Gasteiger partial charge in [0.05, 0.1) is 13.2 Å². The van der Waals surface area contributed by atoms with Gasteiger partial charge in [-0.2, -0.15) is 0 Å². The van der Waals surface area contributed by atoms with E-state index in [0.29, 0.717) is 19.4 Å². The fourth-order valence-electron chi connectivity index (χ4n) is 6.43. The molecule has 0 radical (unpaired) electrons. The normalized spacial score (nSPS) is 11.9. The molecular weight excluding hydrogens is 608 g/mol. The average Bonchev–Trinajstić information content (AvgIpc) is 3.11. The highest BCUT2D eigenvalue weighted by Crippen LogP contribution is 2.16. The van der Waals surface area contributed by atoms with Crippen molar-refractivity contribution >= 4 is 11.9 Å². The Morgan fingerprint density at radius 2 is 0.837 bits per heavy atom. The minimum absolute atomic E-state index is 0.0523. The smallest absolute Gasteiger partial charge is 0.306 e. The van der Waals surface area contributed by atoms with E-state index in [1.54, 1.807) is 0 Å². The third-order valence-electron chi connectivity index (χ3n) is 9.61. The number of benzene rings is 1. The Labute approximate surface area is 303 Å². The predicted octanol–water partition coefficient (Wildman–Crippen LogP) is 13.4. The Kier molecular flexibility index (Phi) is 33.1. The maximum Gasteiger partial charge on any atom is 0.306 e. The fourth-order valence-corrected chi connectivity index (χ4v) is 6.43. The number of rotatable bonds is 37. The number of ether oxygens (including phenoxy) is 3. The molecule has 0 spiro atoms. The van der Waals surface area contributed by atoms with Gasteiger partial charge in [0.25, 0.3) is 0 Å². The van der Waals surface area contributed by atoms with Crippen LogP contribution in [0, 0.1) is 0 Å². The van der Waals surface area contributed by atoms with Gasteiger partial charge in [-0.3, -0.25) is 9.59 Å². The van der Waals surface area contributed by atoms with Crippen LogP contribution in [0.5, 0.6) is 0 Å². The van der Waals surface area contributed by atoms with Crippen LogP contribution in [-0.2, 0) is 30.4 Å². The molecule has 0 bridgehead atoms. The summed E-state index contributed by atoms with van der Waals surface area (Å²) in [6.07, 6.45) is 36.3. The zero-order valence-electron chi connectivity index (χ0n) is 32.3. The third kappa shape index (κ3) is 31.8. The molecule has 0 fully saturated rings. The Balaban J connectivity index is 2.15. The monoisotopic (exact) mass is 687 g/mol. The van der Waals surface area contributed by atoms with Gasteiger partial charge in [0.1, 0.15) is 6.61 Å². The van der Waals surface area contributed by atoms with Gasteiger partial charge >= 0.3 is 11.9 Å². The Morgan fingerprint density at radius 3 is 1.24 bits per heavy atom. The first-order valence-electron chi connectivity index (χ1n) is 21.1. The first kappa shape index (κ1) is 45.1. The van der Waals surface area contributed by atoms with Crippen LogP contribution in [0.15, 0.2) is 30.3 Å². The molecule has 1 aromatic carbocycles. The average molecular weight is 687 g/mol. The fraction of sp³-hybridized carbons (Fsp3) is 0.818. The van der Waals surface area contributed by atoms with Gasteiger partial charge in [0.15, 0.2) is 6.10 Å². The summed E-state index contributed by atoms with van der Waals surface area (Å²) in [5, 5.41) is 0. The SMILES string of the molecule is CCCCCCCCCCCCCCCCCC(=O)OC[C@H](COCc1ccccc1)OC(=O)CCCCCCCCCCCCCCC. The van der Waals surface area contributed by atoms with E-state index in [1.165, 1.54) is 154 Å². The summed E-state index contributed by atoms with van der Waals surface area (Å²) in [5.74, 6) is -0.440. The number of unbranched alkanes of at least 4 members (excludes halogenated alkanes) is 26. The van der Waals surface area contributed by atoms with Crippen molar-refractivity contribution in [2.75, 3.05) is 13.2 Å². The Bertz CT molecular complexity index is 841. The van der Waals surface area contributed by atoms with E-state index in [-0.39, 0.29) is 25.2 Å². The maximum atomic E-state index is 12.6. The zero-order valence-corrected chi connectivity index (χ0v) is 32.3. The Hall–Kier alpha value is -1.88. The standard InChI is InChI=1S/C44H78O5/c1-3-5-7-9-11-13-15-17-18-20-21-23-25-27-32-36-43(45)48-40-42(39-47-38-41-34-30-29-31-35-41)49-44(46)37-33-28-26-24-22-19-16-14-12-10-8-6-4-2/h29-31,34-35,42H,3-28,32-33,36-40H2,1-2H3/t42-/m0/s1. The van der Waals surface area contributed by atoms with Gasteiger partial charge in [0, 0.05) is 12.8 Å². The van der Waals surface area contributed by atoms with E-state index >= 15 is 0 Å². The molecule has 1 rings (SSSR count). The van der Waals surface area contributed by atoms with Crippen molar-refractivity contribution in [2.24, 2.45) is 0 Å². The van der Waals surface area contributed by atoms with Crippen LogP contribution in [-0.4, -0.2) is 31.3 Å². The lowest BCUT2D eigenvalue weighted by atomic mass is 10.0. The molecule has 1 aromatic rings. The van der Waals surface area contributed by atoms with Gasteiger partial charge in [-0.05, 0) is 18.4 Å². The minimum Gasteiger partial charge on any atom is -0.462 e. The van der Waals surface area contributed by atoms with Crippen molar-refractivity contribution in [1.29, 1.82) is 0 Å². The number of carbonyl (C=O) groups is 2. The van der Waals surface area contributed by atoms with Crippen LogP contribution in [0.25, 0.3) is 0 Å². The molecule has 0 aromatic heterocycles. The third-order valence-corrected chi connectivity index (χ3v) is 9.61. The van der Waals surface area contributed by atoms with Crippen LogP contribution in [0.3, 0.4) is 0 Å². The molecule has 0 saturated carbocycles. The molecule has 0 aliphatic rings. The molecule has 5 nitrogen and oxygen atoms in total. The summed E-state index contributed by atoms with van der Waals surface area (Å²) in [7, 11) is 0. The minimum atomic E-state index is -0.580. The highest BCUT2D eigenvalue weighted by Gasteiger charge is 2.18. The molecule has 0 heterocycles. The topological polar surface area (TPSA) is 61.8 Å². The van der Waals surface area contributed by atoms with Crippen molar-refractivity contribution in [3.05, 3.63) is 35.9 Å². The lowest BCUT2D eigenvalue weighted by molar-refractivity contribution is -0.163. The van der Waals surface area contributed by atoms with Crippen molar-refractivity contribution in [3.8, 4) is 0 Å². The highest BCUT2D eigenvalue weighted by atomic mass is 16.6. The summed E-state index contributed by atoms with van der Waals surface area (Å²) in [6, 6.07) is 9.94. The Morgan fingerprint density at radius 1 is 0.469 bits per heavy atom. The molecule has 0 saturated heterocycles. The number of esters is 2. The molecular formula is C44H78O5. The predicted molar refractivity (Wildman–Crippen MR) is 207 cm³/mol. The lowest BCUT2D eigenvalue weighted by Crippen LogP contribution is -2.29. The summed E-state index contributed by atoms with van der Waals surface area (Å²) in [6.45, 7) is 5.24. The van der Waals surface area contributed by atoms with Crippen molar-refractivity contribution < 1.29 is 23.8 Å². The van der Waals surface area contributed by atoms with Crippen LogP contribution < -0.4 is 0 Å². The largest absolute Gasteiger partial charge is 0.462 e. The quantitative estimate of drug-likeness (QED) is 0.0515. The van der Waals surface area contributed by atoms with E-state index in [2.05, 4.69) is 13.8 Å². The number of carbonyl (C=O) groups excluding carboxylic acids is 2. The molecule has 284 valence electrons. The summed E-state index contributed by atoms with van der Waals surface area (Å²) in [4.78, 5) is 25.1.